The topological polar surface area (TPSA) is 80.3 Å². The molecular weight excluding hydrogens is 310 g/mol. The lowest BCUT2D eigenvalue weighted by molar-refractivity contribution is 0.565. The minimum Gasteiger partial charge on any atom is -0.229 e. The Morgan fingerprint density at radius 1 is 1.00 bits per heavy atom. The van der Waals surface area contributed by atoms with Gasteiger partial charge >= 0.3 is 0 Å². The van der Waals surface area contributed by atoms with E-state index in [-0.39, 0.29) is 10.6 Å². The van der Waals surface area contributed by atoms with Gasteiger partial charge in [0.25, 0.3) is 0 Å². The second-order valence-corrected chi connectivity index (χ2v) is 8.96. The number of nitrogens with one attached hydrogen (secondary N) is 1. The van der Waals surface area contributed by atoms with E-state index < -0.39 is 25.9 Å². The average molecular weight is 327 g/mol. The van der Waals surface area contributed by atoms with Crippen LogP contribution in [0.2, 0.25) is 0 Å². The van der Waals surface area contributed by atoms with Crippen molar-refractivity contribution in [3.8, 4) is 0 Å². The van der Waals surface area contributed by atoms with Crippen molar-refractivity contribution < 1.29 is 16.8 Å². The molecule has 0 aliphatic rings. The highest BCUT2D eigenvalue weighted by atomic mass is 32.2. The molecule has 0 radical (unpaired) electrons. The molecule has 0 saturated heterocycles. The smallest absolute Gasteiger partial charge is 0.229 e. The zero-order valence-electron chi connectivity index (χ0n) is 11.8. The molecule has 1 N–H and O–H groups in total. The van der Waals surface area contributed by atoms with Crippen LogP contribution in [-0.4, -0.2) is 34.9 Å². The van der Waals surface area contributed by atoms with Crippen molar-refractivity contribution in [3.63, 3.8) is 0 Å². The molecule has 1 atom stereocenters. The molecule has 1 unspecified atom stereocenters. The molecule has 2 rings (SSSR count). The van der Waals surface area contributed by atoms with Crippen molar-refractivity contribution in [2.24, 2.45) is 0 Å². The number of rotatable bonds is 5. The minimum absolute atomic E-state index is 0.154. The fourth-order valence-electron chi connectivity index (χ4n) is 2.25. The van der Waals surface area contributed by atoms with Crippen LogP contribution < -0.4 is 4.72 Å². The molecule has 114 valence electrons. The van der Waals surface area contributed by atoms with Crippen LogP contribution in [0.25, 0.3) is 10.8 Å². The second-order valence-electron chi connectivity index (χ2n) is 5.09. The SMILES string of the molecule is CC(CS(C)(=O)=O)NS(=O)(=O)c1cccc2ccccc12. The zero-order valence-corrected chi connectivity index (χ0v) is 13.4. The van der Waals surface area contributed by atoms with Gasteiger partial charge in [-0.15, -0.1) is 0 Å². The van der Waals surface area contributed by atoms with E-state index in [1.54, 1.807) is 18.2 Å². The van der Waals surface area contributed by atoms with Gasteiger partial charge in [0.2, 0.25) is 10.0 Å². The lowest BCUT2D eigenvalue weighted by atomic mass is 10.1. The van der Waals surface area contributed by atoms with Crippen LogP contribution in [0, 0.1) is 0 Å². The number of hydrogen-bond acceptors (Lipinski definition) is 4. The standard InChI is InChI=1S/C14H17NO4S2/c1-11(10-20(2,16)17)15-21(18,19)14-9-5-7-12-6-3-4-8-13(12)14/h3-9,11,15H,10H2,1-2H3. The van der Waals surface area contributed by atoms with Gasteiger partial charge in [-0.2, -0.15) is 0 Å². The van der Waals surface area contributed by atoms with Crippen molar-refractivity contribution >= 4 is 30.6 Å². The van der Waals surface area contributed by atoms with Crippen molar-refractivity contribution in [1.82, 2.24) is 4.72 Å². The predicted octanol–water partition coefficient (Wildman–Crippen LogP) is 1.55. The first-order valence-electron chi connectivity index (χ1n) is 6.37. The van der Waals surface area contributed by atoms with Crippen molar-refractivity contribution in [1.29, 1.82) is 0 Å². The number of hydrogen-bond donors (Lipinski definition) is 1. The number of benzene rings is 2. The molecule has 7 heteroatoms. The number of sulfone groups is 1. The second kappa shape index (κ2) is 5.75. The fraction of sp³-hybridized carbons (Fsp3) is 0.286. The highest BCUT2D eigenvalue weighted by molar-refractivity contribution is 7.91. The fourth-order valence-corrected chi connectivity index (χ4v) is 4.82. The summed E-state index contributed by atoms with van der Waals surface area (Å²) in [5.41, 5.74) is 0. The maximum absolute atomic E-state index is 12.4. The first-order valence-corrected chi connectivity index (χ1v) is 9.91. The van der Waals surface area contributed by atoms with Gasteiger partial charge in [0, 0.05) is 17.7 Å². The Labute approximate surface area is 125 Å². The van der Waals surface area contributed by atoms with Gasteiger partial charge in [-0.05, 0) is 18.4 Å². The van der Waals surface area contributed by atoms with Crippen molar-refractivity contribution in [2.75, 3.05) is 12.0 Å². The maximum atomic E-state index is 12.4. The molecule has 0 spiro atoms. The lowest BCUT2D eigenvalue weighted by Crippen LogP contribution is -2.37. The van der Waals surface area contributed by atoms with Crippen molar-refractivity contribution in [3.05, 3.63) is 42.5 Å². The summed E-state index contributed by atoms with van der Waals surface area (Å²) < 4.78 is 49.8. The Kier molecular flexibility index (Phi) is 4.36. The zero-order chi connectivity index (χ0) is 15.7. The van der Waals surface area contributed by atoms with E-state index in [0.717, 1.165) is 11.6 Å². The van der Waals surface area contributed by atoms with Gasteiger partial charge in [-0.3, -0.25) is 0 Å². The van der Waals surface area contributed by atoms with E-state index in [2.05, 4.69) is 4.72 Å². The molecular formula is C14H17NO4S2. The third-order valence-electron chi connectivity index (χ3n) is 2.95. The van der Waals surface area contributed by atoms with Crippen LogP contribution >= 0.6 is 0 Å². The van der Waals surface area contributed by atoms with Gasteiger partial charge in [0.1, 0.15) is 9.84 Å². The summed E-state index contributed by atoms with van der Waals surface area (Å²) in [6.07, 6.45) is 1.08. The first-order chi connectivity index (χ1) is 9.69. The molecule has 0 amide bonds. The molecule has 21 heavy (non-hydrogen) atoms. The van der Waals surface area contributed by atoms with E-state index in [0.29, 0.717) is 5.39 Å². The van der Waals surface area contributed by atoms with E-state index in [9.17, 15) is 16.8 Å². The van der Waals surface area contributed by atoms with E-state index in [1.165, 1.54) is 13.0 Å². The quantitative estimate of drug-likeness (QED) is 0.903. The molecule has 0 aromatic heterocycles. The highest BCUT2D eigenvalue weighted by Crippen LogP contribution is 2.22. The normalized spacial score (nSPS) is 14.2. The Hall–Kier alpha value is -1.44. The molecule has 0 saturated carbocycles. The Morgan fingerprint density at radius 3 is 2.29 bits per heavy atom. The van der Waals surface area contributed by atoms with Crippen LogP contribution in [-0.2, 0) is 19.9 Å². The molecule has 0 aliphatic carbocycles. The third-order valence-corrected chi connectivity index (χ3v) is 5.70. The Bertz CT molecular complexity index is 852. The highest BCUT2D eigenvalue weighted by Gasteiger charge is 2.21. The third kappa shape index (κ3) is 4.03. The Balaban J connectivity index is 2.39. The largest absolute Gasteiger partial charge is 0.241 e. The minimum atomic E-state index is -3.77. The van der Waals surface area contributed by atoms with Crippen LogP contribution in [0.4, 0.5) is 0 Å². The van der Waals surface area contributed by atoms with Gasteiger partial charge in [0.15, 0.2) is 0 Å². The summed E-state index contributed by atoms with van der Waals surface area (Å²) in [6.45, 7) is 1.53. The van der Waals surface area contributed by atoms with Gasteiger partial charge in [-0.25, -0.2) is 21.6 Å². The van der Waals surface area contributed by atoms with E-state index >= 15 is 0 Å². The molecule has 2 aromatic carbocycles. The average Bonchev–Trinajstić information content (AvgIpc) is 2.35. The van der Waals surface area contributed by atoms with Crippen LogP contribution in [0.15, 0.2) is 47.4 Å². The molecule has 2 aromatic rings. The first kappa shape index (κ1) is 15.9. The number of fused-ring (bicyclic) bond motifs is 1. The summed E-state index contributed by atoms with van der Waals surface area (Å²) >= 11 is 0. The van der Waals surface area contributed by atoms with Crippen molar-refractivity contribution in [2.45, 2.75) is 17.9 Å². The molecule has 5 nitrogen and oxygen atoms in total. The predicted molar refractivity (Wildman–Crippen MR) is 83.4 cm³/mol. The maximum Gasteiger partial charge on any atom is 0.241 e. The molecule has 0 aliphatic heterocycles. The Morgan fingerprint density at radius 2 is 1.62 bits per heavy atom. The molecule has 0 fully saturated rings. The summed E-state index contributed by atoms with van der Waals surface area (Å²) in [5.74, 6) is -0.239. The van der Waals surface area contributed by atoms with Gasteiger partial charge in [0.05, 0.1) is 10.6 Å². The molecule has 0 bridgehead atoms. The van der Waals surface area contributed by atoms with Crippen LogP contribution in [0.3, 0.4) is 0 Å². The van der Waals surface area contributed by atoms with Gasteiger partial charge < -0.3 is 0 Å². The number of sulfonamides is 1. The monoisotopic (exact) mass is 327 g/mol. The summed E-state index contributed by atoms with van der Waals surface area (Å²) in [4.78, 5) is 0.154. The molecule has 0 heterocycles. The van der Waals surface area contributed by atoms with Crippen LogP contribution in [0.5, 0.6) is 0 Å². The van der Waals surface area contributed by atoms with Gasteiger partial charge in [-0.1, -0.05) is 36.4 Å². The van der Waals surface area contributed by atoms with E-state index in [1.807, 2.05) is 18.2 Å². The van der Waals surface area contributed by atoms with E-state index in [4.69, 9.17) is 0 Å². The summed E-state index contributed by atoms with van der Waals surface area (Å²) in [5, 5.41) is 1.43. The lowest BCUT2D eigenvalue weighted by Gasteiger charge is -2.14. The summed E-state index contributed by atoms with van der Waals surface area (Å²) in [6, 6.07) is 11.5. The van der Waals surface area contributed by atoms with Crippen LogP contribution in [0.1, 0.15) is 6.92 Å². The summed E-state index contributed by atoms with van der Waals surface area (Å²) in [7, 11) is -7.02.